The Morgan fingerprint density at radius 3 is 2.94 bits per heavy atom. The summed E-state index contributed by atoms with van der Waals surface area (Å²) >= 11 is 1.80. The fraction of sp³-hybridized carbons (Fsp3) is 0.692. The Morgan fingerprint density at radius 2 is 2.38 bits per heavy atom. The fourth-order valence-electron chi connectivity index (χ4n) is 2.06. The minimum atomic E-state index is 0.349. The van der Waals surface area contributed by atoms with Crippen LogP contribution < -0.4 is 5.73 Å². The van der Waals surface area contributed by atoms with Crippen LogP contribution in [0.15, 0.2) is 16.8 Å². The molecule has 0 aromatic carbocycles. The van der Waals surface area contributed by atoms with E-state index in [0.29, 0.717) is 6.04 Å². The fourth-order valence-corrected chi connectivity index (χ4v) is 2.72. The standard InChI is InChI=1S/C13H22N2S/c1-11(14)3-2-7-15(13-4-5-13)9-12-6-8-16-10-12/h6,8,10-11,13H,2-5,7,9,14H2,1H3. The Balaban J connectivity index is 1.76. The minimum Gasteiger partial charge on any atom is -0.328 e. The number of rotatable bonds is 7. The molecule has 1 fully saturated rings. The largest absolute Gasteiger partial charge is 0.328 e. The minimum absolute atomic E-state index is 0.349. The number of thiophene rings is 1. The van der Waals surface area contributed by atoms with E-state index in [4.69, 9.17) is 5.73 Å². The first-order valence-corrected chi connectivity index (χ1v) is 7.20. The third-order valence-electron chi connectivity index (χ3n) is 3.13. The summed E-state index contributed by atoms with van der Waals surface area (Å²) < 4.78 is 0. The predicted octanol–water partition coefficient (Wildman–Crippen LogP) is 2.84. The van der Waals surface area contributed by atoms with E-state index >= 15 is 0 Å². The summed E-state index contributed by atoms with van der Waals surface area (Å²) in [7, 11) is 0. The molecule has 3 heteroatoms. The van der Waals surface area contributed by atoms with Gasteiger partial charge in [0.25, 0.3) is 0 Å². The van der Waals surface area contributed by atoms with Crippen LogP contribution in [0.4, 0.5) is 0 Å². The van der Waals surface area contributed by atoms with Gasteiger partial charge in [-0.1, -0.05) is 0 Å². The van der Waals surface area contributed by atoms with Gasteiger partial charge in [0.15, 0.2) is 0 Å². The van der Waals surface area contributed by atoms with Crippen molar-refractivity contribution in [2.24, 2.45) is 5.73 Å². The molecule has 1 aliphatic rings. The van der Waals surface area contributed by atoms with E-state index in [1.807, 2.05) is 0 Å². The highest BCUT2D eigenvalue weighted by molar-refractivity contribution is 7.07. The van der Waals surface area contributed by atoms with Crippen LogP contribution in [0.25, 0.3) is 0 Å². The zero-order chi connectivity index (χ0) is 11.4. The second-order valence-electron chi connectivity index (χ2n) is 4.95. The van der Waals surface area contributed by atoms with Crippen molar-refractivity contribution >= 4 is 11.3 Å². The lowest BCUT2D eigenvalue weighted by molar-refractivity contribution is 0.247. The molecule has 2 rings (SSSR count). The molecular formula is C13H22N2S. The van der Waals surface area contributed by atoms with E-state index < -0.39 is 0 Å². The van der Waals surface area contributed by atoms with Crippen LogP contribution in [0.1, 0.15) is 38.2 Å². The van der Waals surface area contributed by atoms with Gasteiger partial charge in [-0.3, -0.25) is 4.90 Å². The molecule has 0 spiro atoms. The lowest BCUT2D eigenvalue weighted by Crippen LogP contribution is -2.27. The Labute approximate surface area is 102 Å². The van der Waals surface area contributed by atoms with Gasteiger partial charge in [0.2, 0.25) is 0 Å². The van der Waals surface area contributed by atoms with Gasteiger partial charge < -0.3 is 5.73 Å². The second-order valence-corrected chi connectivity index (χ2v) is 5.73. The summed E-state index contributed by atoms with van der Waals surface area (Å²) in [6, 6.07) is 3.45. The summed E-state index contributed by atoms with van der Waals surface area (Å²) in [5.74, 6) is 0. The zero-order valence-corrected chi connectivity index (χ0v) is 10.9. The normalized spacial score (nSPS) is 17.9. The van der Waals surface area contributed by atoms with Crippen molar-refractivity contribution < 1.29 is 0 Å². The molecule has 90 valence electrons. The Hall–Kier alpha value is -0.380. The van der Waals surface area contributed by atoms with E-state index in [1.54, 1.807) is 11.3 Å². The summed E-state index contributed by atoms with van der Waals surface area (Å²) in [5.41, 5.74) is 7.26. The second kappa shape index (κ2) is 5.80. The molecule has 1 saturated carbocycles. The first-order chi connectivity index (χ1) is 7.75. The van der Waals surface area contributed by atoms with Gasteiger partial charge >= 0.3 is 0 Å². The molecule has 1 aliphatic carbocycles. The third-order valence-corrected chi connectivity index (χ3v) is 3.87. The van der Waals surface area contributed by atoms with Crippen LogP contribution in [0.3, 0.4) is 0 Å². The van der Waals surface area contributed by atoms with Gasteiger partial charge in [-0.05, 0) is 61.5 Å². The Bertz CT molecular complexity index is 291. The topological polar surface area (TPSA) is 29.3 Å². The summed E-state index contributed by atoms with van der Waals surface area (Å²) in [6.07, 6.45) is 5.16. The summed E-state index contributed by atoms with van der Waals surface area (Å²) in [6.45, 7) is 4.44. The highest BCUT2D eigenvalue weighted by Crippen LogP contribution is 2.28. The highest BCUT2D eigenvalue weighted by atomic mass is 32.1. The SMILES string of the molecule is CC(N)CCCN(Cc1ccsc1)C1CC1. The molecule has 0 radical (unpaired) electrons. The van der Waals surface area contributed by atoms with E-state index in [0.717, 1.165) is 19.0 Å². The Kier molecular flexibility index (Phi) is 4.38. The molecule has 2 nitrogen and oxygen atoms in total. The van der Waals surface area contributed by atoms with Crippen molar-refractivity contribution in [1.29, 1.82) is 0 Å². The van der Waals surface area contributed by atoms with Crippen LogP contribution in [-0.2, 0) is 6.54 Å². The van der Waals surface area contributed by atoms with E-state index in [1.165, 1.54) is 31.4 Å². The summed E-state index contributed by atoms with van der Waals surface area (Å²) in [5, 5.41) is 4.43. The first-order valence-electron chi connectivity index (χ1n) is 6.26. The molecule has 0 bridgehead atoms. The van der Waals surface area contributed by atoms with Crippen LogP contribution in [0.2, 0.25) is 0 Å². The van der Waals surface area contributed by atoms with Crippen LogP contribution in [0, 0.1) is 0 Å². The van der Waals surface area contributed by atoms with Crippen molar-refractivity contribution in [2.75, 3.05) is 6.54 Å². The monoisotopic (exact) mass is 238 g/mol. The van der Waals surface area contributed by atoms with Crippen molar-refractivity contribution in [3.63, 3.8) is 0 Å². The predicted molar refractivity (Wildman–Crippen MR) is 70.6 cm³/mol. The smallest absolute Gasteiger partial charge is 0.0244 e. The van der Waals surface area contributed by atoms with E-state index in [2.05, 4.69) is 28.7 Å². The maximum absolute atomic E-state index is 5.79. The van der Waals surface area contributed by atoms with Crippen LogP contribution in [0.5, 0.6) is 0 Å². The van der Waals surface area contributed by atoms with Gasteiger partial charge in [0.05, 0.1) is 0 Å². The van der Waals surface area contributed by atoms with Gasteiger partial charge in [0.1, 0.15) is 0 Å². The van der Waals surface area contributed by atoms with Crippen LogP contribution in [-0.4, -0.2) is 23.5 Å². The molecule has 1 heterocycles. The number of hydrogen-bond acceptors (Lipinski definition) is 3. The number of nitrogens with zero attached hydrogens (tertiary/aromatic N) is 1. The zero-order valence-electron chi connectivity index (χ0n) is 10.1. The maximum Gasteiger partial charge on any atom is 0.0244 e. The van der Waals surface area contributed by atoms with Gasteiger partial charge in [-0.15, -0.1) is 0 Å². The van der Waals surface area contributed by atoms with Crippen LogP contribution >= 0.6 is 11.3 Å². The van der Waals surface area contributed by atoms with Gasteiger partial charge in [0, 0.05) is 18.6 Å². The maximum atomic E-state index is 5.79. The average molecular weight is 238 g/mol. The average Bonchev–Trinajstić information content (AvgIpc) is 2.96. The molecule has 1 aromatic rings. The lowest BCUT2D eigenvalue weighted by Gasteiger charge is -2.21. The van der Waals surface area contributed by atoms with Crippen molar-refractivity contribution in [1.82, 2.24) is 4.90 Å². The van der Waals surface area contributed by atoms with Gasteiger partial charge in [-0.25, -0.2) is 0 Å². The molecule has 0 aliphatic heterocycles. The highest BCUT2D eigenvalue weighted by Gasteiger charge is 2.28. The van der Waals surface area contributed by atoms with Crippen molar-refractivity contribution in [2.45, 2.75) is 51.2 Å². The molecule has 0 amide bonds. The Morgan fingerprint density at radius 1 is 1.56 bits per heavy atom. The molecule has 16 heavy (non-hydrogen) atoms. The molecule has 1 atom stereocenters. The lowest BCUT2D eigenvalue weighted by atomic mass is 10.2. The quantitative estimate of drug-likeness (QED) is 0.791. The molecular weight excluding hydrogens is 216 g/mol. The van der Waals surface area contributed by atoms with Crippen molar-refractivity contribution in [3.8, 4) is 0 Å². The van der Waals surface area contributed by atoms with Gasteiger partial charge in [-0.2, -0.15) is 11.3 Å². The molecule has 2 N–H and O–H groups in total. The van der Waals surface area contributed by atoms with E-state index in [-0.39, 0.29) is 0 Å². The first kappa shape index (κ1) is 12.1. The number of hydrogen-bond donors (Lipinski definition) is 1. The van der Waals surface area contributed by atoms with Crippen molar-refractivity contribution in [3.05, 3.63) is 22.4 Å². The molecule has 1 unspecified atom stereocenters. The molecule has 1 aromatic heterocycles. The molecule has 0 saturated heterocycles. The van der Waals surface area contributed by atoms with E-state index in [9.17, 15) is 0 Å². The number of nitrogens with two attached hydrogens (primary N) is 1. The third kappa shape index (κ3) is 3.89. The summed E-state index contributed by atoms with van der Waals surface area (Å²) in [4.78, 5) is 2.63.